The molecule has 0 saturated carbocycles. The van der Waals surface area contributed by atoms with Gasteiger partial charge in [-0.05, 0) is 37.3 Å². The first kappa shape index (κ1) is 19.5. The fourth-order valence-corrected chi connectivity index (χ4v) is 2.22. The van der Waals surface area contributed by atoms with Crippen molar-refractivity contribution in [2.45, 2.75) is 39.7 Å². The summed E-state index contributed by atoms with van der Waals surface area (Å²) >= 11 is 5.96. The standard InChI is InChI=1S/C17H25ClN2O3/c1-12(15(22)19-10-6-9-17(2,3)11-21)20-16(23)13-7-4-5-8-14(13)18/h4-5,7-8,12,21H,6,9-11H2,1-3H3,(H,19,22)(H,20,23). The fourth-order valence-electron chi connectivity index (χ4n) is 2.00. The van der Waals surface area contributed by atoms with E-state index in [2.05, 4.69) is 10.6 Å². The molecule has 0 saturated heterocycles. The second-order valence-electron chi connectivity index (χ2n) is 6.39. The molecule has 0 aliphatic rings. The van der Waals surface area contributed by atoms with Crippen molar-refractivity contribution in [3.05, 3.63) is 34.9 Å². The summed E-state index contributed by atoms with van der Waals surface area (Å²) < 4.78 is 0. The molecule has 1 aromatic rings. The van der Waals surface area contributed by atoms with Crippen LogP contribution in [0.1, 0.15) is 44.0 Å². The molecule has 0 bridgehead atoms. The van der Waals surface area contributed by atoms with E-state index in [1.807, 2.05) is 13.8 Å². The van der Waals surface area contributed by atoms with E-state index in [1.165, 1.54) is 0 Å². The lowest BCUT2D eigenvalue weighted by Gasteiger charge is -2.21. The Hall–Kier alpha value is -1.59. The summed E-state index contributed by atoms with van der Waals surface area (Å²) in [7, 11) is 0. The van der Waals surface area contributed by atoms with Crippen LogP contribution in [0.15, 0.2) is 24.3 Å². The summed E-state index contributed by atoms with van der Waals surface area (Å²) in [5.41, 5.74) is 0.202. The summed E-state index contributed by atoms with van der Waals surface area (Å²) in [6.07, 6.45) is 1.58. The van der Waals surface area contributed by atoms with Crippen molar-refractivity contribution in [3.63, 3.8) is 0 Å². The quantitative estimate of drug-likeness (QED) is 0.636. The van der Waals surface area contributed by atoms with Gasteiger partial charge in [0.1, 0.15) is 6.04 Å². The van der Waals surface area contributed by atoms with Crippen LogP contribution < -0.4 is 10.6 Å². The van der Waals surface area contributed by atoms with Crippen molar-refractivity contribution < 1.29 is 14.7 Å². The van der Waals surface area contributed by atoms with Gasteiger partial charge in [-0.1, -0.05) is 37.6 Å². The maximum Gasteiger partial charge on any atom is 0.253 e. The van der Waals surface area contributed by atoms with Crippen molar-refractivity contribution in [2.75, 3.05) is 13.2 Å². The van der Waals surface area contributed by atoms with Crippen molar-refractivity contribution in [2.24, 2.45) is 5.41 Å². The molecule has 0 aromatic heterocycles. The van der Waals surface area contributed by atoms with Gasteiger partial charge in [0.25, 0.3) is 5.91 Å². The topological polar surface area (TPSA) is 78.4 Å². The van der Waals surface area contributed by atoms with Crippen LogP contribution in [0.3, 0.4) is 0 Å². The number of benzene rings is 1. The molecule has 6 heteroatoms. The Labute approximate surface area is 142 Å². The molecule has 1 atom stereocenters. The highest BCUT2D eigenvalue weighted by Crippen LogP contribution is 2.20. The summed E-state index contributed by atoms with van der Waals surface area (Å²) in [5, 5.41) is 14.9. The lowest BCUT2D eigenvalue weighted by molar-refractivity contribution is -0.122. The number of rotatable bonds is 8. The number of aliphatic hydroxyl groups excluding tert-OH is 1. The molecule has 1 rings (SSSR count). The number of amides is 2. The van der Waals surface area contributed by atoms with E-state index in [0.717, 1.165) is 12.8 Å². The Bertz CT molecular complexity index is 546. The monoisotopic (exact) mass is 340 g/mol. The third kappa shape index (κ3) is 6.59. The molecule has 2 amide bonds. The minimum absolute atomic E-state index is 0.116. The van der Waals surface area contributed by atoms with Crippen LogP contribution in [0.25, 0.3) is 0 Å². The van der Waals surface area contributed by atoms with E-state index in [4.69, 9.17) is 11.6 Å². The van der Waals surface area contributed by atoms with Gasteiger partial charge in [-0.2, -0.15) is 0 Å². The zero-order valence-corrected chi connectivity index (χ0v) is 14.6. The highest BCUT2D eigenvalue weighted by Gasteiger charge is 2.19. The van der Waals surface area contributed by atoms with Crippen LogP contribution in [0.4, 0.5) is 0 Å². The van der Waals surface area contributed by atoms with E-state index in [-0.39, 0.29) is 23.8 Å². The number of nitrogens with one attached hydrogen (secondary N) is 2. The van der Waals surface area contributed by atoms with Crippen molar-refractivity contribution >= 4 is 23.4 Å². The molecular weight excluding hydrogens is 316 g/mol. The Balaban J connectivity index is 2.40. The second-order valence-corrected chi connectivity index (χ2v) is 6.80. The second kappa shape index (κ2) is 8.89. The SMILES string of the molecule is CC(NC(=O)c1ccccc1Cl)C(=O)NCCCC(C)(C)CO. The van der Waals surface area contributed by atoms with Crippen LogP contribution in [0.2, 0.25) is 5.02 Å². The van der Waals surface area contributed by atoms with Gasteiger partial charge in [-0.3, -0.25) is 9.59 Å². The van der Waals surface area contributed by atoms with E-state index in [0.29, 0.717) is 17.1 Å². The lowest BCUT2D eigenvalue weighted by atomic mass is 9.89. The van der Waals surface area contributed by atoms with Gasteiger partial charge < -0.3 is 15.7 Å². The number of carbonyl (C=O) groups excluding carboxylic acids is 2. The van der Waals surface area contributed by atoms with Crippen LogP contribution in [-0.4, -0.2) is 36.1 Å². The van der Waals surface area contributed by atoms with Crippen LogP contribution in [-0.2, 0) is 4.79 Å². The summed E-state index contributed by atoms with van der Waals surface area (Å²) in [5.74, 6) is -0.619. The Morgan fingerprint density at radius 1 is 1.30 bits per heavy atom. The first-order chi connectivity index (χ1) is 10.8. The lowest BCUT2D eigenvalue weighted by Crippen LogP contribution is -2.45. The number of hydrogen-bond acceptors (Lipinski definition) is 3. The molecule has 0 radical (unpaired) electrons. The zero-order valence-electron chi connectivity index (χ0n) is 13.9. The Morgan fingerprint density at radius 3 is 2.57 bits per heavy atom. The molecule has 0 aliphatic heterocycles. The van der Waals surface area contributed by atoms with E-state index in [1.54, 1.807) is 31.2 Å². The molecule has 0 spiro atoms. The fraction of sp³-hybridized carbons (Fsp3) is 0.529. The van der Waals surface area contributed by atoms with Gasteiger partial charge in [-0.25, -0.2) is 0 Å². The molecule has 128 valence electrons. The van der Waals surface area contributed by atoms with Gasteiger partial charge in [0.2, 0.25) is 5.91 Å². The summed E-state index contributed by atoms with van der Waals surface area (Å²) in [4.78, 5) is 24.1. The highest BCUT2D eigenvalue weighted by atomic mass is 35.5. The maximum absolute atomic E-state index is 12.1. The van der Waals surface area contributed by atoms with Crippen molar-refractivity contribution in [1.29, 1.82) is 0 Å². The molecule has 0 heterocycles. The first-order valence-corrected chi connectivity index (χ1v) is 8.08. The average Bonchev–Trinajstić information content (AvgIpc) is 2.51. The van der Waals surface area contributed by atoms with Gasteiger partial charge in [-0.15, -0.1) is 0 Å². The Morgan fingerprint density at radius 2 is 1.96 bits per heavy atom. The number of carbonyl (C=O) groups is 2. The minimum atomic E-state index is -0.648. The third-order valence-corrected chi connectivity index (χ3v) is 3.95. The van der Waals surface area contributed by atoms with Crippen molar-refractivity contribution in [3.8, 4) is 0 Å². The average molecular weight is 341 g/mol. The minimum Gasteiger partial charge on any atom is -0.396 e. The van der Waals surface area contributed by atoms with E-state index >= 15 is 0 Å². The molecule has 0 aliphatic carbocycles. The molecule has 3 N–H and O–H groups in total. The predicted molar refractivity (Wildman–Crippen MR) is 91.5 cm³/mol. The number of hydrogen-bond donors (Lipinski definition) is 3. The first-order valence-electron chi connectivity index (χ1n) is 7.71. The van der Waals surface area contributed by atoms with Gasteiger partial charge in [0.15, 0.2) is 0 Å². The number of aliphatic hydroxyl groups is 1. The third-order valence-electron chi connectivity index (χ3n) is 3.62. The molecule has 1 aromatic carbocycles. The number of halogens is 1. The zero-order chi connectivity index (χ0) is 17.5. The Kier molecular flexibility index (Phi) is 7.52. The highest BCUT2D eigenvalue weighted by molar-refractivity contribution is 6.33. The normalized spacial score (nSPS) is 12.6. The summed E-state index contributed by atoms with van der Waals surface area (Å²) in [6, 6.07) is 6.05. The molecule has 1 unspecified atom stereocenters. The van der Waals surface area contributed by atoms with Gasteiger partial charge in [0, 0.05) is 13.2 Å². The molecular formula is C17H25ClN2O3. The largest absolute Gasteiger partial charge is 0.396 e. The predicted octanol–water partition coefficient (Wildman–Crippen LogP) is 2.37. The van der Waals surface area contributed by atoms with E-state index in [9.17, 15) is 14.7 Å². The summed E-state index contributed by atoms with van der Waals surface area (Å²) in [6.45, 7) is 6.20. The molecule has 0 fully saturated rings. The molecule has 5 nitrogen and oxygen atoms in total. The maximum atomic E-state index is 12.1. The van der Waals surface area contributed by atoms with Gasteiger partial charge >= 0.3 is 0 Å². The van der Waals surface area contributed by atoms with Crippen LogP contribution in [0, 0.1) is 5.41 Å². The molecule has 23 heavy (non-hydrogen) atoms. The van der Waals surface area contributed by atoms with Crippen LogP contribution >= 0.6 is 11.6 Å². The van der Waals surface area contributed by atoms with E-state index < -0.39 is 6.04 Å². The smallest absolute Gasteiger partial charge is 0.253 e. The van der Waals surface area contributed by atoms with Crippen molar-refractivity contribution in [1.82, 2.24) is 10.6 Å². The van der Waals surface area contributed by atoms with Crippen LogP contribution in [0.5, 0.6) is 0 Å². The van der Waals surface area contributed by atoms with Gasteiger partial charge in [0.05, 0.1) is 10.6 Å².